The van der Waals surface area contributed by atoms with Crippen LogP contribution in [-0.2, 0) is 11.3 Å². The van der Waals surface area contributed by atoms with E-state index in [1.807, 2.05) is 90.8 Å². The summed E-state index contributed by atoms with van der Waals surface area (Å²) in [5, 5.41) is 0. The molecule has 5 heteroatoms. The number of fused-ring (bicyclic) bond motifs is 1. The number of hydrogen-bond acceptors (Lipinski definition) is 3. The second kappa shape index (κ2) is 8.74. The first-order valence-corrected chi connectivity index (χ1v) is 11.4. The number of amides is 2. The van der Waals surface area contributed by atoms with Crippen molar-refractivity contribution in [2.24, 2.45) is 0 Å². The molecule has 0 aromatic heterocycles. The number of rotatable bonds is 6. The predicted octanol–water partition coefficient (Wildman–Crippen LogP) is 4.80. The van der Waals surface area contributed by atoms with Crippen molar-refractivity contribution in [3.63, 3.8) is 0 Å². The highest BCUT2D eigenvalue weighted by molar-refractivity contribution is 6.01. The molecule has 0 N–H and O–H groups in total. The maximum atomic E-state index is 14.1. The molecule has 5 rings (SSSR count). The Hall–Kier alpha value is -3.60. The van der Waals surface area contributed by atoms with E-state index in [1.165, 1.54) is 0 Å². The number of ether oxygens (including phenoxy) is 1. The fourth-order valence-electron chi connectivity index (χ4n) is 4.92. The fraction of sp³-hybridized carbons (Fsp3) is 0.286. The van der Waals surface area contributed by atoms with Crippen molar-refractivity contribution in [1.82, 2.24) is 9.80 Å². The first kappa shape index (κ1) is 21.3. The van der Waals surface area contributed by atoms with E-state index in [1.54, 1.807) is 12.0 Å². The monoisotopic (exact) mass is 440 g/mol. The number of benzene rings is 3. The first-order chi connectivity index (χ1) is 16.1. The van der Waals surface area contributed by atoms with Gasteiger partial charge in [0.15, 0.2) is 0 Å². The minimum absolute atomic E-state index is 0.00989. The van der Waals surface area contributed by atoms with E-state index in [9.17, 15) is 9.59 Å². The highest BCUT2D eigenvalue weighted by atomic mass is 16.5. The fourth-order valence-corrected chi connectivity index (χ4v) is 4.92. The maximum Gasteiger partial charge on any atom is 0.254 e. The smallest absolute Gasteiger partial charge is 0.254 e. The van der Waals surface area contributed by atoms with Crippen LogP contribution in [0.1, 0.15) is 51.8 Å². The molecule has 0 unspecified atom stereocenters. The molecule has 0 bridgehead atoms. The molecule has 1 aliphatic carbocycles. The first-order valence-electron chi connectivity index (χ1n) is 11.4. The standard InChI is InChI=1S/C28H28N2O3/c1-29(18-19-9-4-3-5-10-19)28(32)25-23-13-6-7-14-24(23)27(31)30(21-15-16-21)26(25)20-11-8-12-22(17-20)33-2/h3-14,17,21,25-26H,15-16,18H2,1-2H3/t25-,26+/m1/s1. The lowest BCUT2D eigenvalue weighted by Gasteiger charge is -2.43. The minimum atomic E-state index is -0.486. The zero-order valence-corrected chi connectivity index (χ0v) is 19.0. The molecule has 2 aliphatic rings. The van der Waals surface area contributed by atoms with Crippen LogP contribution in [0.3, 0.4) is 0 Å². The molecule has 1 fully saturated rings. The summed E-state index contributed by atoms with van der Waals surface area (Å²) in [6.07, 6.45) is 1.93. The van der Waals surface area contributed by atoms with Gasteiger partial charge in [-0.25, -0.2) is 0 Å². The molecular weight excluding hydrogens is 412 g/mol. The van der Waals surface area contributed by atoms with Gasteiger partial charge in [-0.05, 0) is 47.7 Å². The van der Waals surface area contributed by atoms with Gasteiger partial charge in [-0.15, -0.1) is 0 Å². The molecule has 0 radical (unpaired) electrons. The Morgan fingerprint density at radius 3 is 2.45 bits per heavy atom. The van der Waals surface area contributed by atoms with Crippen LogP contribution in [0.5, 0.6) is 5.75 Å². The van der Waals surface area contributed by atoms with Gasteiger partial charge in [0.05, 0.1) is 19.1 Å². The Kier molecular flexibility index (Phi) is 5.63. The summed E-state index contributed by atoms with van der Waals surface area (Å²) in [5.74, 6) is 0.256. The number of carbonyl (C=O) groups excluding carboxylic acids is 2. The molecule has 3 aromatic carbocycles. The van der Waals surface area contributed by atoms with Gasteiger partial charge in [0, 0.05) is 25.2 Å². The van der Waals surface area contributed by atoms with Crippen molar-refractivity contribution in [1.29, 1.82) is 0 Å². The van der Waals surface area contributed by atoms with Gasteiger partial charge in [0.2, 0.25) is 5.91 Å². The SMILES string of the molecule is COc1cccc([C@H]2[C@H](C(=O)N(C)Cc3ccccc3)c3ccccc3C(=O)N2C2CC2)c1. The highest BCUT2D eigenvalue weighted by Gasteiger charge is 2.49. The Morgan fingerprint density at radius 1 is 1.00 bits per heavy atom. The van der Waals surface area contributed by atoms with E-state index in [0.717, 1.165) is 35.3 Å². The molecule has 168 valence electrons. The topological polar surface area (TPSA) is 49.9 Å². The van der Waals surface area contributed by atoms with Crippen LogP contribution in [0.15, 0.2) is 78.9 Å². The minimum Gasteiger partial charge on any atom is -0.497 e. The Labute approximate surface area is 194 Å². The molecular formula is C28H28N2O3. The lowest BCUT2D eigenvalue weighted by molar-refractivity contribution is -0.134. The summed E-state index contributed by atoms with van der Waals surface area (Å²) in [6.45, 7) is 0.514. The van der Waals surface area contributed by atoms with E-state index >= 15 is 0 Å². The summed E-state index contributed by atoms with van der Waals surface area (Å²) in [7, 11) is 3.48. The van der Waals surface area contributed by atoms with Crippen LogP contribution in [0.25, 0.3) is 0 Å². The second-order valence-corrected chi connectivity index (χ2v) is 8.91. The lowest BCUT2D eigenvalue weighted by Crippen LogP contribution is -2.48. The third-order valence-corrected chi connectivity index (χ3v) is 6.66. The molecule has 0 spiro atoms. The van der Waals surface area contributed by atoms with E-state index in [0.29, 0.717) is 12.1 Å². The maximum absolute atomic E-state index is 14.1. The number of likely N-dealkylation sites (N-methyl/N-ethyl adjacent to an activating group) is 1. The van der Waals surface area contributed by atoms with E-state index in [4.69, 9.17) is 4.74 Å². The molecule has 33 heavy (non-hydrogen) atoms. The average molecular weight is 441 g/mol. The van der Waals surface area contributed by atoms with Gasteiger partial charge in [0.1, 0.15) is 5.75 Å². The third-order valence-electron chi connectivity index (χ3n) is 6.66. The molecule has 5 nitrogen and oxygen atoms in total. The molecule has 1 heterocycles. The van der Waals surface area contributed by atoms with Gasteiger partial charge in [-0.1, -0.05) is 60.7 Å². The largest absolute Gasteiger partial charge is 0.497 e. The van der Waals surface area contributed by atoms with E-state index in [-0.39, 0.29) is 23.9 Å². The molecule has 3 aromatic rings. The Bertz CT molecular complexity index is 1170. The number of carbonyl (C=O) groups is 2. The number of hydrogen-bond donors (Lipinski definition) is 0. The highest BCUT2D eigenvalue weighted by Crippen LogP contribution is 2.48. The third kappa shape index (κ3) is 3.99. The quantitative estimate of drug-likeness (QED) is 0.553. The lowest BCUT2D eigenvalue weighted by atomic mass is 9.78. The summed E-state index contributed by atoms with van der Waals surface area (Å²) in [4.78, 5) is 31.4. The number of methoxy groups -OCH3 is 1. The van der Waals surface area contributed by atoms with Gasteiger partial charge >= 0.3 is 0 Å². The Balaban J connectivity index is 1.61. The summed E-state index contributed by atoms with van der Waals surface area (Å²) >= 11 is 0. The van der Waals surface area contributed by atoms with Crippen LogP contribution in [0, 0.1) is 0 Å². The summed E-state index contributed by atoms with van der Waals surface area (Å²) in [5.41, 5.74) is 3.44. The average Bonchev–Trinajstić information content (AvgIpc) is 3.69. The van der Waals surface area contributed by atoms with Gasteiger partial charge < -0.3 is 14.5 Å². The summed E-state index contributed by atoms with van der Waals surface area (Å²) < 4.78 is 5.48. The van der Waals surface area contributed by atoms with Crippen molar-refractivity contribution in [2.45, 2.75) is 37.4 Å². The van der Waals surface area contributed by atoms with E-state index in [2.05, 4.69) is 0 Å². The zero-order chi connectivity index (χ0) is 22.9. The molecule has 2 atom stereocenters. The predicted molar refractivity (Wildman–Crippen MR) is 127 cm³/mol. The van der Waals surface area contributed by atoms with Gasteiger partial charge in [0.25, 0.3) is 5.91 Å². The number of nitrogens with zero attached hydrogens (tertiary/aromatic N) is 2. The van der Waals surface area contributed by atoms with Crippen molar-refractivity contribution in [3.05, 3.63) is 101 Å². The molecule has 1 saturated carbocycles. The van der Waals surface area contributed by atoms with Crippen molar-refractivity contribution < 1.29 is 14.3 Å². The van der Waals surface area contributed by atoms with Gasteiger partial charge in [-0.2, -0.15) is 0 Å². The zero-order valence-electron chi connectivity index (χ0n) is 19.0. The van der Waals surface area contributed by atoms with Crippen LogP contribution in [-0.4, -0.2) is 41.8 Å². The normalized spacial score (nSPS) is 19.7. The van der Waals surface area contributed by atoms with Crippen LogP contribution < -0.4 is 4.74 Å². The molecule has 2 amide bonds. The van der Waals surface area contributed by atoms with Crippen LogP contribution >= 0.6 is 0 Å². The van der Waals surface area contributed by atoms with Crippen molar-refractivity contribution in [3.8, 4) is 5.75 Å². The summed E-state index contributed by atoms with van der Waals surface area (Å²) in [6, 6.07) is 25.1. The van der Waals surface area contributed by atoms with Crippen LogP contribution in [0.4, 0.5) is 0 Å². The molecule has 0 saturated heterocycles. The Morgan fingerprint density at radius 2 is 1.73 bits per heavy atom. The molecule has 1 aliphatic heterocycles. The van der Waals surface area contributed by atoms with Gasteiger partial charge in [-0.3, -0.25) is 9.59 Å². The van der Waals surface area contributed by atoms with Crippen molar-refractivity contribution in [2.75, 3.05) is 14.2 Å². The second-order valence-electron chi connectivity index (χ2n) is 8.91. The van der Waals surface area contributed by atoms with Crippen LogP contribution in [0.2, 0.25) is 0 Å². The van der Waals surface area contributed by atoms with E-state index < -0.39 is 5.92 Å². The van der Waals surface area contributed by atoms with Crippen molar-refractivity contribution >= 4 is 11.8 Å².